The average Bonchev–Trinajstić information content (AvgIpc) is 2.96. The number of hydrogen-bond acceptors (Lipinski definition) is 3. The molecule has 0 saturated carbocycles. The molecule has 1 aromatic carbocycles. The van der Waals surface area contributed by atoms with E-state index in [0.29, 0.717) is 17.5 Å². The van der Waals surface area contributed by atoms with Gasteiger partial charge in [-0.05, 0) is 37.0 Å². The number of nitrogens with zero attached hydrogens (tertiary/aromatic N) is 2. The van der Waals surface area contributed by atoms with Crippen molar-refractivity contribution in [3.8, 4) is 0 Å². The fourth-order valence-corrected chi connectivity index (χ4v) is 3.59. The molecule has 22 heavy (non-hydrogen) atoms. The maximum atomic E-state index is 12.4. The van der Waals surface area contributed by atoms with E-state index in [1.807, 2.05) is 29.2 Å². The molecule has 2 aliphatic heterocycles. The zero-order chi connectivity index (χ0) is 15.5. The molecule has 3 rings (SSSR count). The first-order chi connectivity index (χ1) is 10.6. The minimum atomic E-state index is -0.162. The summed E-state index contributed by atoms with van der Waals surface area (Å²) in [7, 11) is 0. The van der Waals surface area contributed by atoms with Gasteiger partial charge in [0.25, 0.3) is 0 Å². The van der Waals surface area contributed by atoms with Gasteiger partial charge in [0, 0.05) is 37.2 Å². The summed E-state index contributed by atoms with van der Waals surface area (Å²) in [5.41, 5.74) is 1.01. The molecule has 1 N–H and O–H groups in total. The maximum absolute atomic E-state index is 12.4. The van der Waals surface area contributed by atoms with Crippen LogP contribution in [-0.2, 0) is 11.2 Å². The summed E-state index contributed by atoms with van der Waals surface area (Å²) < 4.78 is 0. The highest BCUT2D eigenvalue weighted by Gasteiger charge is 2.30. The molecule has 0 spiro atoms. The molecule has 0 bridgehead atoms. The molecule has 1 atom stereocenters. The van der Waals surface area contributed by atoms with Crippen molar-refractivity contribution in [3.63, 3.8) is 0 Å². The van der Waals surface area contributed by atoms with Crippen molar-refractivity contribution >= 4 is 17.5 Å². The van der Waals surface area contributed by atoms with Gasteiger partial charge in [-0.25, -0.2) is 0 Å². The lowest BCUT2D eigenvalue weighted by molar-refractivity contribution is -0.132. The number of halogens is 1. The summed E-state index contributed by atoms with van der Waals surface area (Å²) in [5, 5.41) is 10.3. The summed E-state index contributed by atoms with van der Waals surface area (Å²) in [5.74, 6) is 0.197. The third-order valence-electron chi connectivity index (χ3n) is 4.80. The second kappa shape index (κ2) is 6.99. The van der Waals surface area contributed by atoms with Crippen LogP contribution in [0.3, 0.4) is 0 Å². The number of piperidine rings is 1. The monoisotopic (exact) mass is 322 g/mol. The standard InChI is InChI=1S/C17H23ClN2O2/c18-14-3-1-13(2-4-14)11-17(22)19-8-5-15(6-9-19)20-10-7-16(21)12-20/h1-4,15-16,21H,5-12H2. The van der Waals surface area contributed by atoms with Crippen molar-refractivity contribution in [2.75, 3.05) is 26.2 Å². The van der Waals surface area contributed by atoms with Crippen LogP contribution in [0.2, 0.25) is 5.02 Å². The van der Waals surface area contributed by atoms with E-state index in [-0.39, 0.29) is 12.0 Å². The normalized spacial score (nSPS) is 23.9. The third kappa shape index (κ3) is 3.80. The fourth-order valence-electron chi connectivity index (χ4n) is 3.47. The van der Waals surface area contributed by atoms with Gasteiger partial charge in [0.2, 0.25) is 5.91 Å². The number of carbonyl (C=O) groups is 1. The highest BCUT2D eigenvalue weighted by molar-refractivity contribution is 6.30. The van der Waals surface area contributed by atoms with Gasteiger partial charge in [-0.1, -0.05) is 23.7 Å². The van der Waals surface area contributed by atoms with Crippen LogP contribution < -0.4 is 0 Å². The molecule has 0 aliphatic carbocycles. The van der Waals surface area contributed by atoms with Gasteiger partial charge in [0.05, 0.1) is 12.5 Å². The summed E-state index contributed by atoms with van der Waals surface area (Å²) in [6, 6.07) is 8.01. The number of rotatable bonds is 3. The second-order valence-corrected chi connectivity index (χ2v) is 6.79. The second-order valence-electron chi connectivity index (χ2n) is 6.35. The first kappa shape index (κ1) is 15.8. The molecular formula is C17H23ClN2O2. The van der Waals surface area contributed by atoms with Crippen LogP contribution in [0.5, 0.6) is 0 Å². The Balaban J connectivity index is 1.48. The van der Waals surface area contributed by atoms with Crippen molar-refractivity contribution in [1.82, 2.24) is 9.80 Å². The Labute approximate surface area is 136 Å². The van der Waals surface area contributed by atoms with Gasteiger partial charge in [-0.2, -0.15) is 0 Å². The number of likely N-dealkylation sites (tertiary alicyclic amines) is 2. The molecule has 1 aromatic rings. The van der Waals surface area contributed by atoms with Crippen LogP contribution in [0.15, 0.2) is 24.3 Å². The Morgan fingerprint density at radius 3 is 2.41 bits per heavy atom. The average molecular weight is 323 g/mol. The molecule has 1 amide bonds. The smallest absolute Gasteiger partial charge is 0.226 e. The SMILES string of the molecule is O=C(Cc1ccc(Cl)cc1)N1CCC(N2CCC(O)C2)CC1. The largest absolute Gasteiger partial charge is 0.392 e. The van der Waals surface area contributed by atoms with Gasteiger partial charge < -0.3 is 10.0 Å². The Morgan fingerprint density at radius 2 is 1.82 bits per heavy atom. The lowest BCUT2D eigenvalue weighted by atomic mass is 10.0. The molecule has 0 radical (unpaired) electrons. The summed E-state index contributed by atoms with van der Waals surface area (Å²) in [4.78, 5) is 16.7. The summed E-state index contributed by atoms with van der Waals surface area (Å²) in [6.45, 7) is 3.43. The zero-order valence-electron chi connectivity index (χ0n) is 12.7. The van der Waals surface area contributed by atoms with Gasteiger partial charge in [0.1, 0.15) is 0 Å². The van der Waals surface area contributed by atoms with Gasteiger partial charge in [0.15, 0.2) is 0 Å². The van der Waals surface area contributed by atoms with E-state index in [1.165, 1.54) is 0 Å². The maximum Gasteiger partial charge on any atom is 0.226 e. The highest BCUT2D eigenvalue weighted by atomic mass is 35.5. The third-order valence-corrected chi connectivity index (χ3v) is 5.05. The number of carbonyl (C=O) groups excluding carboxylic acids is 1. The van der Waals surface area contributed by atoms with Crippen LogP contribution in [0.4, 0.5) is 0 Å². The first-order valence-electron chi connectivity index (χ1n) is 8.06. The lowest BCUT2D eigenvalue weighted by Crippen LogP contribution is -2.46. The molecule has 2 saturated heterocycles. The van der Waals surface area contributed by atoms with Crippen LogP contribution in [0.25, 0.3) is 0 Å². The van der Waals surface area contributed by atoms with Crippen molar-refractivity contribution in [3.05, 3.63) is 34.9 Å². The molecular weight excluding hydrogens is 300 g/mol. The van der Waals surface area contributed by atoms with Gasteiger partial charge >= 0.3 is 0 Å². The van der Waals surface area contributed by atoms with Gasteiger partial charge in [-0.3, -0.25) is 9.69 Å². The molecule has 5 heteroatoms. The Kier molecular flexibility index (Phi) is 5.01. The quantitative estimate of drug-likeness (QED) is 0.925. The predicted molar refractivity (Wildman–Crippen MR) is 87.0 cm³/mol. The first-order valence-corrected chi connectivity index (χ1v) is 8.44. The van der Waals surface area contributed by atoms with Crippen molar-refractivity contribution in [2.45, 2.75) is 37.8 Å². The number of amides is 1. The Bertz CT molecular complexity index is 512. The van der Waals surface area contributed by atoms with E-state index in [0.717, 1.165) is 51.0 Å². The number of hydrogen-bond donors (Lipinski definition) is 1. The van der Waals surface area contributed by atoms with E-state index in [9.17, 15) is 9.90 Å². The number of aliphatic hydroxyl groups is 1. The molecule has 120 valence electrons. The van der Waals surface area contributed by atoms with Crippen LogP contribution in [-0.4, -0.2) is 59.1 Å². The van der Waals surface area contributed by atoms with Crippen LogP contribution in [0.1, 0.15) is 24.8 Å². The van der Waals surface area contributed by atoms with E-state index >= 15 is 0 Å². The fraction of sp³-hybridized carbons (Fsp3) is 0.588. The van der Waals surface area contributed by atoms with E-state index in [1.54, 1.807) is 0 Å². The van der Waals surface area contributed by atoms with Crippen molar-refractivity contribution in [1.29, 1.82) is 0 Å². The van der Waals surface area contributed by atoms with Crippen LogP contribution >= 0.6 is 11.6 Å². The van der Waals surface area contributed by atoms with E-state index < -0.39 is 0 Å². The predicted octanol–water partition coefficient (Wildman–Crippen LogP) is 1.94. The van der Waals surface area contributed by atoms with E-state index in [4.69, 9.17) is 11.6 Å². The molecule has 1 unspecified atom stereocenters. The molecule has 2 fully saturated rings. The van der Waals surface area contributed by atoms with Gasteiger partial charge in [-0.15, -0.1) is 0 Å². The highest BCUT2D eigenvalue weighted by Crippen LogP contribution is 2.22. The Hall–Kier alpha value is -1.10. The summed E-state index contributed by atoms with van der Waals surface area (Å²) >= 11 is 5.87. The van der Waals surface area contributed by atoms with Crippen molar-refractivity contribution in [2.24, 2.45) is 0 Å². The minimum absolute atomic E-state index is 0.162. The van der Waals surface area contributed by atoms with Crippen LogP contribution in [0, 0.1) is 0 Å². The number of benzene rings is 1. The topological polar surface area (TPSA) is 43.8 Å². The zero-order valence-corrected chi connectivity index (χ0v) is 13.5. The molecule has 4 nitrogen and oxygen atoms in total. The van der Waals surface area contributed by atoms with Crippen molar-refractivity contribution < 1.29 is 9.90 Å². The summed E-state index contributed by atoms with van der Waals surface area (Å²) in [6.07, 6.45) is 3.20. The molecule has 2 aliphatic rings. The van der Waals surface area contributed by atoms with E-state index in [2.05, 4.69) is 4.90 Å². The molecule has 0 aromatic heterocycles. The minimum Gasteiger partial charge on any atom is -0.392 e. The Morgan fingerprint density at radius 1 is 1.14 bits per heavy atom. The lowest BCUT2D eigenvalue weighted by Gasteiger charge is -2.36. The number of aliphatic hydroxyl groups excluding tert-OH is 1. The number of β-amino-alcohol motifs (C(OH)–C–C–N with tert-alkyl or cyclic N) is 1. The molecule has 2 heterocycles.